The Kier molecular flexibility index (Phi) is 6.36. The summed E-state index contributed by atoms with van der Waals surface area (Å²) in [7, 11) is 0. The monoisotopic (exact) mass is 463 g/mol. The van der Waals surface area contributed by atoms with Gasteiger partial charge in [-0.3, -0.25) is 9.88 Å². The van der Waals surface area contributed by atoms with Crippen LogP contribution in [-0.2, 0) is 4.74 Å². The van der Waals surface area contributed by atoms with E-state index in [2.05, 4.69) is 30.3 Å². The lowest BCUT2D eigenvalue weighted by Crippen LogP contribution is -2.38. The maximum atomic E-state index is 11.8. The van der Waals surface area contributed by atoms with Gasteiger partial charge in [0, 0.05) is 43.1 Å². The summed E-state index contributed by atoms with van der Waals surface area (Å²) in [6, 6.07) is 9.72. The average Bonchev–Trinajstić information content (AvgIpc) is 3.51. The van der Waals surface area contributed by atoms with Gasteiger partial charge >= 0.3 is 5.69 Å². The number of hydrogen-bond donors (Lipinski definition) is 2. The molecule has 0 atom stereocenters. The molecule has 1 aliphatic rings. The van der Waals surface area contributed by atoms with Crippen LogP contribution in [0.4, 0.5) is 11.7 Å². The van der Waals surface area contributed by atoms with E-state index < -0.39 is 0 Å². The van der Waals surface area contributed by atoms with Gasteiger partial charge in [-0.25, -0.2) is 14.8 Å². The molecular formula is C23H25N7O4. The molecule has 2 N–H and O–H groups in total. The summed E-state index contributed by atoms with van der Waals surface area (Å²) in [5, 5.41) is 7.18. The van der Waals surface area contributed by atoms with E-state index in [9.17, 15) is 4.79 Å². The lowest BCUT2D eigenvalue weighted by Gasteiger charge is -2.26. The number of nitrogens with one attached hydrogen (secondary N) is 2. The number of aromatic amines is 1. The lowest BCUT2D eigenvalue weighted by atomic mass is 10.2. The molecule has 34 heavy (non-hydrogen) atoms. The van der Waals surface area contributed by atoms with Crippen molar-refractivity contribution in [3.05, 3.63) is 65.1 Å². The quantitative estimate of drug-likeness (QED) is 0.405. The van der Waals surface area contributed by atoms with Crippen LogP contribution in [0.15, 0.2) is 58.3 Å². The summed E-state index contributed by atoms with van der Waals surface area (Å²) < 4.78 is 18.4. The van der Waals surface area contributed by atoms with Crippen molar-refractivity contribution >= 4 is 11.7 Å². The molecule has 0 radical (unpaired) electrons. The van der Waals surface area contributed by atoms with Crippen LogP contribution in [0.1, 0.15) is 5.56 Å². The van der Waals surface area contributed by atoms with Gasteiger partial charge in [-0.2, -0.15) is 9.78 Å². The van der Waals surface area contributed by atoms with Gasteiger partial charge in [-0.15, -0.1) is 0 Å². The molecule has 0 amide bonds. The number of pyridine rings is 1. The maximum absolute atomic E-state index is 11.8. The fraction of sp³-hybridized carbons (Fsp3) is 0.304. The largest absolute Gasteiger partial charge is 0.492 e. The second kappa shape index (κ2) is 9.89. The van der Waals surface area contributed by atoms with Gasteiger partial charge in [0.15, 0.2) is 11.6 Å². The van der Waals surface area contributed by atoms with Gasteiger partial charge in [0.05, 0.1) is 19.4 Å². The first-order chi connectivity index (χ1) is 16.7. The number of anilines is 2. The van der Waals surface area contributed by atoms with Crippen molar-refractivity contribution in [2.45, 2.75) is 6.92 Å². The van der Waals surface area contributed by atoms with Gasteiger partial charge in [-0.05, 0) is 30.7 Å². The van der Waals surface area contributed by atoms with Crippen molar-refractivity contribution < 1.29 is 13.9 Å². The minimum Gasteiger partial charge on any atom is -0.492 e. The minimum absolute atomic E-state index is 0.346. The summed E-state index contributed by atoms with van der Waals surface area (Å²) in [5.74, 6) is 1.69. The van der Waals surface area contributed by atoms with Crippen molar-refractivity contribution in [3.8, 4) is 22.9 Å². The van der Waals surface area contributed by atoms with Crippen LogP contribution in [0, 0.1) is 6.92 Å². The van der Waals surface area contributed by atoms with E-state index in [-0.39, 0.29) is 5.69 Å². The molecule has 176 valence electrons. The first kappa shape index (κ1) is 21.9. The molecule has 11 nitrogen and oxygen atoms in total. The summed E-state index contributed by atoms with van der Waals surface area (Å²) in [5.41, 5.74) is 2.23. The lowest BCUT2D eigenvalue weighted by molar-refractivity contribution is 0.0322. The molecule has 1 saturated heterocycles. The van der Waals surface area contributed by atoms with E-state index in [0.29, 0.717) is 24.2 Å². The average molecular weight is 463 g/mol. The predicted octanol–water partition coefficient (Wildman–Crippen LogP) is 2.37. The molecule has 11 heteroatoms. The molecule has 5 rings (SSSR count). The molecule has 0 spiro atoms. The number of hydrogen-bond acceptors (Lipinski definition) is 9. The third-order valence-electron chi connectivity index (χ3n) is 5.54. The number of nitrogens with zero attached hydrogens (tertiary/aromatic N) is 5. The van der Waals surface area contributed by atoms with E-state index in [0.717, 1.165) is 55.4 Å². The first-order valence-corrected chi connectivity index (χ1v) is 11.0. The fourth-order valence-electron chi connectivity index (χ4n) is 3.63. The van der Waals surface area contributed by atoms with Crippen molar-refractivity contribution in [2.75, 3.05) is 44.8 Å². The number of rotatable bonds is 8. The van der Waals surface area contributed by atoms with Crippen LogP contribution >= 0.6 is 0 Å². The second-order valence-corrected chi connectivity index (χ2v) is 7.84. The van der Waals surface area contributed by atoms with Gasteiger partial charge in [0.1, 0.15) is 18.7 Å². The molecule has 4 heterocycles. The number of aryl methyl sites for hydroxylation is 1. The molecule has 0 saturated carbocycles. The Labute approximate surface area is 195 Å². The number of oxazole rings is 1. The zero-order valence-corrected chi connectivity index (χ0v) is 18.7. The SMILES string of the molecule is Cc1ccc(OCCN2CCOCC2)cc1Nc1ncc(-c2ccnc(-n3nc[nH]c3=O)c2)o1. The normalized spacial score (nSPS) is 14.3. The third kappa shape index (κ3) is 5.00. The van der Waals surface area contributed by atoms with E-state index in [1.807, 2.05) is 25.1 Å². The van der Waals surface area contributed by atoms with Crippen LogP contribution in [0.25, 0.3) is 17.1 Å². The fourth-order valence-corrected chi connectivity index (χ4v) is 3.63. The van der Waals surface area contributed by atoms with Crippen LogP contribution in [0.5, 0.6) is 5.75 Å². The summed E-state index contributed by atoms with van der Waals surface area (Å²) in [6.07, 6.45) is 4.52. The molecule has 1 aromatic carbocycles. The van der Waals surface area contributed by atoms with E-state index in [4.69, 9.17) is 13.9 Å². The second-order valence-electron chi connectivity index (χ2n) is 7.84. The molecule has 3 aromatic heterocycles. The van der Waals surface area contributed by atoms with Crippen LogP contribution in [0.2, 0.25) is 0 Å². The summed E-state index contributed by atoms with van der Waals surface area (Å²) >= 11 is 0. The third-order valence-corrected chi connectivity index (χ3v) is 5.54. The van der Waals surface area contributed by atoms with E-state index in [1.54, 1.807) is 24.5 Å². The van der Waals surface area contributed by atoms with Gasteiger partial charge in [0.2, 0.25) is 0 Å². The Morgan fingerprint density at radius 2 is 2.06 bits per heavy atom. The molecule has 0 bridgehead atoms. The van der Waals surface area contributed by atoms with Gasteiger partial charge in [0.25, 0.3) is 6.01 Å². The zero-order valence-electron chi connectivity index (χ0n) is 18.7. The molecule has 0 aliphatic carbocycles. The molecule has 0 unspecified atom stereocenters. The van der Waals surface area contributed by atoms with Crippen LogP contribution in [-0.4, -0.2) is 69.1 Å². The van der Waals surface area contributed by atoms with Crippen molar-refractivity contribution in [1.82, 2.24) is 29.6 Å². The number of H-pyrrole nitrogens is 1. The summed E-state index contributed by atoms with van der Waals surface area (Å²) in [4.78, 5) is 25.2. The highest BCUT2D eigenvalue weighted by molar-refractivity contribution is 5.63. The predicted molar refractivity (Wildman–Crippen MR) is 125 cm³/mol. The first-order valence-electron chi connectivity index (χ1n) is 11.0. The van der Waals surface area contributed by atoms with Crippen molar-refractivity contribution in [2.24, 2.45) is 0 Å². The Morgan fingerprint density at radius 3 is 2.88 bits per heavy atom. The number of aromatic nitrogens is 5. The molecule has 1 fully saturated rings. The smallest absolute Gasteiger partial charge is 0.349 e. The minimum atomic E-state index is -0.368. The standard InChI is InChI=1S/C23H25N7O4/c1-16-2-3-18(33-11-8-29-6-9-32-10-7-29)13-19(16)28-22-25-14-20(34-22)17-4-5-24-21(12-17)30-23(31)26-15-27-30/h2-5,12-15H,6-11H2,1H3,(H,25,28)(H,26,27,31). The highest BCUT2D eigenvalue weighted by Crippen LogP contribution is 2.28. The summed E-state index contributed by atoms with van der Waals surface area (Å²) in [6.45, 7) is 6.90. The highest BCUT2D eigenvalue weighted by Gasteiger charge is 2.13. The van der Waals surface area contributed by atoms with E-state index >= 15 is 0 Å². The van der Waals surface area contributed by atoms with Gasteiger partial charge < -0.3 is 19.2 Å². The highest BCUT2D eigenvalue weighted by atomic mass is 16.5. The Balaban J connectivity index is 1.26. The Morgan fingerprint density at radius 1 is 1.18 bits per heavy atom. The molecule has 1 aliphatic heterocycles. The van der Waals surface area contributed by atoms with Crippen molar-refractivity contribution in [3.63, 3.8) is 0 Å². The molecular weight excluding hydrogens is 438 g/mol. The Bertz CT molecular complexity index is 1310. The number of ether oxygens (including phenoxy) is 2. The number of benzene rings is 1. The van der Waals surface area contributed by atoms with Crippen LogP contribution in [0.3, 0.4) is 0 Å². The zero-order chi connectivity index (χ0) is 23.3. The van der Waals surface area contributed by atoms with Crippen molar-refractivity contribution in [1.29, 1.82) is 0 Å². The maximum Gasteiger partial charge on any atom is 0.349 e. The number of morpholine rings is 1. The Hall–Kier alpha value is -3.96. The van der Waals surface area contributed by atoms with E-state index in [1.165, 1.54) is 11.0 Å². The van der Waals surface area contributed by atoms with Crippen LogP contribution < -0.4 is 15.7 Å². The molecule has 4 aromatic rings. The van der Waals surface area contributed by atoms with Gasteiger partial charge in [-0.1, -0.05) is 6.07 Å². The topological polar surface area (TPSA) is 123 Å².